The Labute approximate surface area is 137 Å². The number of benzene rings is 1. The highest BCUT2D eigenvalue weighted by Crippen LogP contribution is 2.28. The summed E-state index contributed by atoms with van der Waals surface area (Å²) in [6.07, 6.45) is 3.84. The summed E-state index contributed by atoms with van der Waals surface area (Å²) < 4.78 is 0. The second-order valence-corrected chi connectivity index (χ2v) is 7.06. The van der Waals surface area contributed by atoms with Crippen molar-refractivity contribution in [3.63, 3.8) is 0 Å². The van der Waals surface area contributed by atoms with E-state index in [9.17, 15) is 4.79 Å². The molecule has 4 N–H and O–H groups in total. The van der Waals surface area contributed by atoms with Gasteiger partial charge in [0.1, 0.15) is 0 Å². The first-order valence-electron chi connectivity index (χ1n) is 8.56. The maximum Gasteiger partial charge on any atom is 0.220 e. The molecule has 0 radical (unpaired) electrons. The van der Waals surface area contributed by atoms with E-state index in [-0.39, 0.29) is 11.9 Å². The third-order valence-corrected chi connectivity index (χ3v) is 5.28. The molecule has 1 amide bonds. The number of fused-ring (bicyclic) bond motifs is 1. The molecule has 0 spiro atoms. The molecule has 2 atom stereocenters. The van der Waals surface area contributed by atoms with Crippen LogP contribution in [0.25, 0.3) is 10.9 Å². The minimum absolute atomic E-state index is 0.113. The number of H-pyrrole nitrogens is 1. The summed E-state index contributed by atoms with van der Waals surface area (Å²) in [6.45, 7) is 6.90. The number of carbonyl (C=O) groups is 1. The van der Waals surface area contributed by atoms with E-state index < -0.39 is 0 Å². The topological polar surface area (TPSA) is 70.9 Å². The van der Waals surface area contributed by atoms with Gasteiger partial charge in [0, 0.05) is 30.1 Å². The zero-order chi connectivity index (χ0) is 16.6. The van der Waals surface area contributed by atoms with E-state index in [0.717, 1.165) is 30.3 Å². The van der Waals surface area contributed by atoms with Crippen molar-refractivity contribution in [3.8, 4) is 0 Å². The number of rotatable bonds is 4. The largest absolute Gasteiger partial charge is 0.358 e. The molecule has 1 saturated carbocycles. The quantitative estimate of drug-likeness (QED) is 0.811. The molecule has 1 aliphatic carbocycles. The second kappa shape index (κ2) is 6.36. The van der Waals surface area contributed by atoms with E-state index in [1.54, 1.807) is 0 Å². The van der Waals surface area contributed by atoms with E-state index in [2.05, 4.69) is 43.2 Å². The molecule has 3 rings (SSSR count). The van der Waals surface area contributed by atoms with Crippen LogP contribution in [0.15, 0.2) is 12.1 Å². The molecule has 1 heterocycles. The fourth-order valence-corrected chi connectivity index (χ4v) is 3.75. The van der Waals surface area contributed by atoms with Gasteiger partial charge in [-0.05, 0) is 56.7 Å². The van der Waals surface area contributed by atoms with Crippen molar-refractivity contribution >= 4 is 16.8 Å². The molecule has 1 aromatic heterocycles. The van der Waals surface area contributed by atoms with Gasteiger partial charge in [-0.1, -0.05) is 18.1 Å². The fraction of sp³-hybridized carbons (Fsp3) is 0.526. The number of nitrogens with one attached hydrogen (secondary N) is 2. The SMILES string of the molecule is Cc1cc(CNC(=O)C[C@@H]2CCC[C@H]2N)c2[nH]c(C)c(C)c2c1. The smallest absolute Gasteiger partial charge is 0.220 e. The van der Waals surface area contributed by atoms with Gasteiger partial charge < -0.3 is 16.0 Å². The van der Waals surface area contributed by atoms with Crippen molar-refractivity contribution in [2.45, 2.75) is 59.0 Å². The molecule has 1 aliphatic rings. The van der Waals surface area contributed by atoms with Crippen LogP contribution >= 0.6 is 0 Å². The molecule has 4 nitrogen and oxygen atoms in total. The van der Waals surface area contributed by atoms with Crippen LogP contribution in [0.3, 0.4) is 0 Å². The Morgan fingerprint density at radius 1 is 1.30 bits per heavy atom. The summed E-state index contributed by atoms with van der Waals surface area (Å²) in [6, 6.07) is 4.55. The zero-order valence-corrected chi connectivity index (χ0v) is 14.3. The molecule has 0 saturated heterocycles. The van der Waals surface area contributed by atoms with Crippen LogP contribution in [0.2, 0.25) is 0 Å². The van der Waals surface area contributed by atoms with Gasteiger partial charge in [-0.3, -0.25) is 4.79 Å². The Bertz CT molecular complexity index is 732. The number of aryl methyl sites for hydroxylation is 3. The van der Waals surface area contributed by atoms with Crippen molar-refractivity contribution in [1.82, 2.24) is 10.3 Å². The van der Waals surface area contributed by atoms with E-state index >= 15 is 0 Å². The van der Waals surface area contributed by atoms with Crippen LogP contribution in [0, 0.1) is 26.7 Å². The fourth-order valence-electron chi connectivity index (χ4n) is 3.75. The highest BCUT2D eigenvalue weighted by Gasteiger charge is 2.25. The Morgan fingerprint density at radius 2 is 2.09 bits per heavy atom. The number of aromatic amines is 1. The van der Waals surface area contributed by atoms with E-state index in [1.165, 1.54) is 22.2 Å². The Kier molecular flexibility index (Phi) is 4.44. The van der Waals surface area contributed by atoms with Gasteiger partial charge in [0.2, 0.25) is 5.91 Å². The standard InChI is InChI=1S/C19H27N3O/c1-11-7-15(19-16(8-11)12(2)13(3)22-19)10-21-18(23)9-14-5-4-6-17(14)20/h7-8,14,17,22H,4-6,9-10,20H2,1-3H3,(H,21,23)/t14-,17+/m0/s1. The molecule has 2 aromatic rings. The van der Waals surface area contributed by atoms with Gasteiger partial charge in [-0.25, -0.2) is 0 Å². The second-order valence-electron chi connectivity index (χ2n) is 7.06. The third kappa shape index (κ3) is 3.27. The average Bonchev–Trinajstić information content (AvgIpc) is 3.02. The van der Waals surface area contributed by atoms with Gasteiger partial charge in [-0.15, -0.1) is 0 Å². The molecule has 124 valence electrons. The maximum atomic E-state index is 12.2. The van der Waals surface area contributed by atoms with Crippen LogP contribution < -0.4 is 11.1 Å². The van der Waals surface area contributed by atoms with Crippen molar-refractivity contribution in [1.29, 1.82) is 0 Å². The van der Waals surface area contributed by atoms with Crippen molar-refractivity contribution in [2.75, 3.05) is 0 Å². The van der Waals surface area contributed by atoms with Gasteiger partial charge in [-0.2, -0.15) is 0 Å². The lowest BCUT2D eigenvalue weighted by Gasteiger charge is -2.15. The molecule has 1 aromatic carbocycles. The van der Waals surface area contributed by atoms with E-state index in [4.69, 9.17) is 5.73 Å². The Hall–Kier alpha value is -1.81. The number of carbonyl (C=O) groups excluding carboxylic acids is 1. The number of hydrogen-bond acceptors (Lipinski definition) is 2. The van der Waals surface area contributed by atoms with Crippen LogP contribution in [0.5, 0.6) is 0 Å². The lowest BCUT2D eigenvalue weighted by Crippen LogP contribution is -2.31. The normalized spacial score (nSPS) is 21.0. The minimum Gasteiger partial charge on any atom is -0.358 e. The van der Waals surface area contributed by atoms with Gasteiger partial charge >= 0.3 is 0 Å². The van der Waals surface area contributed by atoms with E-state index in [0.29, 0.717) is 18.9 Å². The van der Waals surface area contributed by atoms with Gasteiger partial charge in [0.05, 0.1) is 5.52 Å². The van der Waals surface area contributed by atoms with Crippen LogP contribution in [0.1, 0.15) is 48.1 Å². The predicted octanol–water partition coefficient (Wildman–Crippen LogP) is 3.23. The van der Waals surface area contributed by atoms with Crippen LogP contribution in [-0.4, -0.2) is 16.9 Å². The first kappa shape index (κ1) is 16.1. The van der Waals surface area contributed by atoms with Crippen molar-refractivity contribution in [3.05, 3.63) is 34.5 Å². The first-order valence-corrected chi connectivity index (χ1v) is 8.56. The molecule has 4 heteroatoms. The predicted molar refractivity (Wildman–Crippen MR) is 94.3 cm³/mol. The molecular weight excluding hydrogens is 286 g/mol. The summed E-state index contributed by atoms with van der Waals surface area (Å²) in [5.41, 5.74) is 12.1. The third-order valence-electron chi connectivity index (χ3n) is 5.28. The summed E-state index contributed by atoms with van der Waals surface area (Å²) in [4.78, 5) is 15.7. The Morgan fingerprint density at radius 3 is 2.78 bits per heavy atom. The lowest BCUT2D eigenvalue weighted by molar-refractivity contribution is -0.122. The summed E-state index contributed by atoms with van der Waals surface area (Å²) >= 11 is 0. The summed E-state index contributed by atoms with van der Waals surface area (Å²) in [7, 11) is 0. The number of amides is 1. The monoisotopic (exact) mass is 313 g/mol. The number of aromatic nitrogens is 1. The maximum absolute atomic E-state index is 12.2. The van der Waals surface area contributed by atoms with Gasteiger partial charge in [0.25, 0.3) is 0 Å². The molecule has 0 unspecified atom stereocenters. The van der Waals surface area contributed by atoms with Crippen LogP contribution in [-0.2, 0) is 11.3 Å². The highest BCUT2D eigenvalue weighted by molar-refractivity contribution is 5.88. The summed E-state index contributed by atoms with van der Waals surface area (Å²) in [5.74, 6) is 0.463. The number of hydrogen-bond donors (Lipinski definition) is 3. The molecule has 23 heavy (non-hydrogen) atoms. The van der Waals surface area contributed by atoms with E-state index in [1.807, 2.05) is 0 Å². The lowest BCUT2D eigenvalue weighted by atomic mass is 9.99. The molecule has 0 bridgehead atoms. The molecule has 1 fully saturated rings. The van der Waals surface area contributed by atoms with Gasteiger partial charge in [0.15, 0.2) is 0 Å². The highest BCUT2D eigenvalue weighted by atomic mass is 16.1. The minimum atomic E-state index is 0.113. The first-order chi connectivity index (χ1) is 11.0. The molecular formula is C19H27N3O. The number of nitrogens with two attached hydrogens (primary N) is 1. The molecule has 0 aliphatic heterocycles. The summed E-state index contributed by atoms with van der Waals surface area (Å²) in [5, 5.41) is 4.33. The van der Waals surface area contributed by atoms with Crippen molar-refractivity contribution in [2.24, 2.45) is 11.7 Å². The zero-order valence-electron chi connectivity index (χ0n) is 14.3. The van der Waals surface area contributed by atoms with Crippen LogP contribution in [0.4, 0.5) is 0 Å². The van der Waals surface area contributed by atoms with Crippen molar-refractivity contribution < 1.29 is 4.79 Å². The Balaban J connectivity index is 1.71. The average molecular weight is 313 g/mol.